The Morgan fingerprint density at radius 1 is 1.12 bits per heavy atom. The topological polar surface area (TPSA) is 60.3 Å². The first-order valence-corrected chi connectivity index (χ1v) is 8.30. The van der Waals surface area contributed by atoms with E-state index in [2.05, 4.69) is 5.32 Å². The molecule has 0 spiro atoms. The van der Waals surface area contributed by atoms with Crippen LogP contribution < -0.4 is 10.1 Å². The van der Waals surface area contributed by atoms with E-state index in [1.807, 2.05) is 12.1 Å². The first kappa shape index (κ1) is 17.8. The maximum Gasteiger partial charge on any atom is 0.257 e. The van der Waals surface area contributed by atoms with Crippen LogP contribution in [0.2, 0.25) is 5.02 Å². The summed E-state index contributed by atoms with van der Waals surface area (Å²) in [6, 6.07) is 15.7. The molecule has 0 aliphatic heterocycles. The van der Waals surface area contributed by atoms with Crippen molar-refractivity contribution in [1.82, 2.24) is 4.57 Å². The smallest absolute Gasteiger partial charge is 0.257 e. The lowest BCUT2D eigenvalue weighted by atomic mass is 10.2. The molecule has 0 fully saturated rings. The summed E-state index contributed by atoms with van der Waals surface area (Å²) >= 11 is 5.86. The Morgan fingerprint density at radius 2 is 1.77 bits per heavy atom. The van der Waals surface area contributed by atoms with Crippen molar-refractivity contribution < 1.29 is 14.3 Å². The average molecular weight is 369 g/mol. The Kier molecular flexibility index (Phi) is 5.09. The molecule has 132 valence electrons. The molecule has 1 amide bonds. The summed E-state index contributed by atoms with van der Waals surface area (Å²) in [6.45, 7) is 1.80. The zero-order valence-corrected chi connectivity index (χ0v) is 15.1. The van der Waals surface area contributed by atoms with E-state index in [1.165, 1.54) is 0 Å². The van der Waals surface area contributed by atoms with Crippen LogP contribution in [0.15, 0.2) is 54.6 Å². The van der Waals surface area contributed by atoms with Crippen LogP contribution in [-0.2, 0) is 0 Å². The van der Waals surface area contributed by atoms with Crippen molar-refractivity contribution in [3.05, 3.63) is 76.6 Å². The predicted octanol–water partition coefficient (Wildman–Crippen LogP) is 4.51. The van der Waals surface area contributed by atoms with Gasteiger partial charge in [-0.25, -0.2) is 0 Å². The Balaban J connectivity index is 1.95. The highest BCUT2D eigenvalue weighted by molar-refractivity contribution is 6.30. The van der Waals surface area contributed by atoms with Crippen LogP contribution in [0, 0.1) is 6.92 Å². The number of carbonyl (C=O) groups is 2. The van der Waals surface area contributed by atoms with E-state index < -0.39 is 0 Å². The third kappa shape index (κ3) is 3.48. The number of anilines is 1. The number of rotatable bonds is 5. The molecule has 1 N–H and O–H groups in total. The van der Waals surface area contributed by atoms with Crippen LogP contribution in [0.4, 0.5) is 5.69 Å². The normalized spacial score (nSPS) is 10.4. The second-order valence-corrected chi connectivity index (χ2v) is 6.12. The largest absolute Gasteiger partial charge is 0.497 e. The fraction of sp³-hybridized carbons (Fsp3) is 0.100. The monoisotopic (exact) mass is 368 g/mol. The molecule has 3 rings (SSSR count). The van der Waals surface area contributed by atoms with Crippen LogP contribution in [-0.4, -0.2) is 23.9 Å². The fourth-order valence-corrected chi connectivity index (χ4v) is 2.88. The number of hydrogen-bond donors (Lipinski definition) is 1. The third-order valence-corrected chi connectivity index (χ3v) is 4.33. The SMILES string of the molecule is COc1ccc(-n2c(C=O)cc(C(=O)Nc3ccc(Cl)cc3)c2C)cc1. The van der Waals surface area contributed by atoms with Crippen LogP contribution in [0.25, 0.3) is 5.69 Å². The molecule has 0 atom stereocenters. The van der Waals surface area contributed by atoms with E-state index in [-0.39, 0.29) is 5.91 Å². The quantitative estimate of drug-likeness (QED) is 0.674. The maximum atomic E-state index is 12.6. The summed E-state index contributed by atoms with van der Waals surface area (Å²) < 4.78 is 6.90. The van der Waals surface area contributed by atoms with Crippen LogP contribution in [0.1, 0.15) is 26.5 Å². The van der Waals surface area contributed by atoms with Crippen molar-refractivity contribution in [2.75, 3.05) is 12.4 Å². The minimum absolute atomic E-state index is 0.291. The molecule has 0 radical (unpaired) electrons. The highest BCUT2D eigenvalue weighted by Gasteiger charge is 2.18. The second-order valence-electron chi connectivity index (χ2n) is 5.68. The molecule has 0 saturated heterocycles. The number of nitrogens with one attached hydrogen (secondary N) is 1. The molecular formula is C20H17ClN2O3. The Labute approximate surface area is 156 Å². The number of aromatic nitrogens is 1. The Morgan fingerprint density at radius 3 is 2.35 bits per heavy atom. The van der Waals surface area contributed by atoms with E-state index in [9.17, 15) is 9.59 Å². The molecule has 0 aliphatic carbocycles. The van der Waals surface area contributed by atoms with Crippen molar-refractivity contribution in [1.29, 1.82) is 0 Å². The summed E-state index contributed by atoms with van der Waals surface area (Å²) in [5.41, 5.74) is 2.90. The van der Waals surface area contributed by atoms with Crippen molar-refractivity contribution in [3.63, 3.8) is 0 Å². The van der Waals surface area contributed by atoms with Gasteiger partial charge in [0.15, 0.2) is 6.29 Å². The van der Waals surface area contributed by atoms with Gasteiger partial charge in [-0.3, -0.25) is 9.59 Å². The summed E-state index contributed by atoms with van der Waals surface area (Å²) in [7, 11) is 1.59. The third-order valence-electron chi connectivity index (χ3n) is 4.07. The molecule has 0 unspecified atom stereocenters. The van der Waals surface area contributed by atoms with Gasteiger partial charge in [-0.1, -0.05) is 11.6 Å². The molecule has 1 heterocycles. The zero-order chi connectivity index (χ0) is 18.7. The van der Waals surface area contributed by atoms with Gasteiger partial charge in [-0.15, -0.1) is 0 Å². The molecule has 0 saturated carbocycles. The Hall–Kier alpha value is -3.05. The molecule has 2 aromatic carbocycles. The first-order chi connectivity index (χ1) is 12.5. The standard InChI is InChI=1S/C20H17ClN2O3/c1-13-19(20(25)22-15-5-3-14(21)4-6-15)11-17(12-24)23(13)16-7-9-18(26-2)10-8-16/h3-12H,1-2H3,(H,22,25). The molecule has 6 heteroatoms. The van der Waals surface area contributed by atoms with Gasteiger partial charge >= 0.3 is 0 Å². The number of aldehydes is 1. The van der Waals surface area contributed by atoms with Gasteiger partial charge in [-0.2, -0.15) is 0 Å². The summed E-state index contributed by atoms with van der Waals surface area (Å²) in [5, 5.41) is 3.40. The number of methoxy groups -OCH3 is 1. The number of nitrogens with zero attached hydrogens (tertiary/aromatic N) is 1. The molecule has 0 aliphatic rings. The molecular weight excluding hydrogens is 352 g/mol. The van der Waals surface area contributed by atoms with Crippen LogP contribution in [0.3, 0.4) is 0 Å². The minimum atomic E-state index is -0.291. The predicted molar refractivity (Wildman–Crippen MR) is 102 cm³/mol. The maximum absolute atomic E-state index is 12.6. The van der Waals surface area contributed by atoms with E-state index in [1.54, 1.807) is 61.1 Å². The average Bonchev–Trinajstić information content (AvgIpc) is 3.00. The van der Waals surface area contributed by atoms with Crippen LogP contribution >= 0.6 is 11.6 Å². The van der Waals surface area contributed by atoms with Crippen molar-refractivity contribution in [2.45, 2.75) is 6.92 Å². The Bertz CT molecular complexity index is 944. The fourth-order valence-electron chi connectivity index (χ4n) is 2.75. The van der Waals surface area contributed by atoms with Crippen molar-refractivity contribution in [2.24, 2.45) is 0 Å². The highest BCUT2D eigenvalue weighted by Crippen LogP contribution is 2.23. The number of amides is 1. The van der Waals surface area contributed by atoms with Crippen molar-refractivity contribution >= 4 is 29.5 Å². The number of benzene rings is 2. The van der Waals surface area contributed by atoms with Gasteiger partial charge in [0.1, 0.15) is 5.75 Å². The highest BCUT2D eigenvalue weighted by atomic mass is 35.5. The number of hydrogen-bond acceptors (Lipinski definition) is 3. The molecule has 0 bridgehead atoms. The van der Waals surface area contributed by atoms with Crippen LogP contribution in [0.5, 0.6) is 5.75 Å². The molecule has 1 aromatic heterocycles. The number of carbonyl (C=O) groups excluding carboxylic acids is 2. The molecule has 5 nitrogen and oxygen atoms in total. The van der Waals surface area contributed by atoms with E-state index in [0.717, 1.165) is 12.0 Å². The summed E-state index contributed by atoms with van der Waals surface area (Å²) in [5.74, 6) is 0.423. The van der Waals surface area contributed by atoms with Gasteiger partial charge in [0.05, 0.1) is 18.4 Å². The molecule has 26 heavy (non-hydrogen) atoms. The van der Waals surface area contributed by atoms with E-state index >= 15 is 0 Å². The number of ether oxygens (including phenoxy) is 1. The second kappa shape index (κ2) is 7.45. The van der Waals surface area contributed by atoms with Gasteiger partial charge in [0.2, 0.25) is 0 Å². The van der Waals surface area contributed by atoms with Gasteiger partial charge in [-0.05, 0) is 61.5 Å². The minimum Gasteiger partial charge on any atom is -0.497 e. The number of halogens is 1. The molecule has 3 aromatic rings. The lowest BCUT2D eigenvalue weighted by Crippen LogP contribution is -2.13. The lowest BCUT2D eigenvalue weighted by molar-refractivity contribution is 0.102. The first-order valence-electron chi connectivity index (χ1n) is 7.92. The van der Waals surface area contributed by atoms with E-state index in [0.29, 0.717) is 33.4 Å². The van der Waals surface area contributed by atoms with Gasteiger partial charge in [0, 0.05) is 22.1 Å². The summed E-state index contributed by atoms with van der Waals surface area (Å²) in [4.78, 5) is 24.2. The van der Waals surface area contributed by atoms with Gasteiger partial charge in [0.25, 0.3) is 5.91 Å². The van der Waals surface area contributed by atoms with E-state index in [4.69, 9.17) is 16.3 Å². The lowest BCUT2D eigenvalue weighted by Gasteiger charge is -2.10. The zero-order valence-electron chi connectivity index (χ0n) is 14.3. The summed E-state index contributed by atoms with van der Waals surface area (Å²) in [6.07, 6.45) is 0.732. The van der Waals surface area contributed by atoms with Gasteiger partial charge < -0.3 is 14.6 Å². The van der Waals surface area contributed by atoms with Crippen molar-refractivity contribution in [3.8, 4) is 11.4 Å².